The summed E-state index contributed by atoms with van der Waals surface area (Å²) in [5.74, 6) is -0.693. The van der Waals surface area contributed by atoms with Crippen LogP contribution in [0.25, 0.3) is 0 Å². The van der Waals surface area contributed by atoms with Crippen LogP contribution in [-0.2, 0) is 14.3 Å². The Morgan fingerprint density at radius 3 is 2.41 bits per heavy atom. The molecule has 2 aliphatic rings. The Balaban J connectivity index is 1.74. The standard InChI is InChI=1S/C18H21NO3/c1-11(12-6-4-3-5-7-12)19-17(20)15-13-8-9-14(10-13)16(15)18(21)22-2/h3-9,11,13-16H,10H2,1-2H3,(H,19,20)/t11-,13+,14-,15-,16-/m0/s1. The predicted octanol–water partition coefficient (Wildman–Crippen LogP) is 2.48. The highest BCUT2D eigenvalue weighted by Gasteiger charge is 2.52. The summed E-state index contributed by atoms with van der Waals surface area (Å²) in [6.45, 7) is 1.96. The van der Waals surface area contributed by atoms with Crippen molar-refractivity contribution < 1.29 is 14.3 Å². The van der Waals surface area contributed by atoms with Gasteiger partial charge in [-0.25, -0.2) is 0 Å². The molecule has 1 fully saturated rings. The molecule has 3 rings (SSSR count). The Hall–Kier alpha value is -2.10. The number of nitrogens with one attached hydrogen (secondary N) is 1. The molecule has 0 spiro atoms. The van der Waals surface area contributed by atoms with Crippen LogP contribution in [0.5, 0.6) is 0 Å². The maximum atomic E-state index is 12.7. The van der Waals surface area contributed by atoms with E-state index in [9.17, 15) is 9.59 Å². The summed E-state index contributed by atoms with van der Waals surface area (Å²) in [7, 11) is 1.39. The van der Waals surface area contributed by atoms with Crippen LogP contribution in [0, 0.1) is 23.7 Å². The van der Waals surface area contributed by atoms with Crippen molar-refractivity contribution in [3.63, 3.8) is 0 Å². The fourth-order valence-electron chi connectivity index (χ4n) is 3.77. The van der Waals surface area contributed by atoms with Gasteiger partial charge in [-0.2, -0.15) is 0 Å². The molecule has 22 heavy (non-hydrogen) atoms. The molecule has 0 aromatic heterocycles. The topological polar surface area (TPSA) is 55.4 Å². The van der Waals surface area contributed by atoms with Gasteiger partial charge in [0.2, 0.25) is 5.91 Å². The van der Waals surface area contributed by atoms with Crippen LogP contribution in [0.3, 0.4) is 0 Å². The number of esters is 1. The fraction of sp³-hybridized carbons (Fsp3) is 0.444. The van der Waals surface area contributed by atoms with Crippen LogP contribution >= 0.6 is 0 Å². The van der Waals surface area contributed by atoms with E-state index in [2.05, 4.69) is 17.5 Å². The Labute approximate surface area is 130 Å². The minimum Gasteiger partial charge on any atom is -0.469 e. The number of allylic oxidation sites excluding steroid dienone is 2. The van der Waals surface area contributed by atoms with Gasteiger partial charge in [0.05, 0.1) is 25.0 Å². The van der Waals surface area contributed by atoms with Crippen molar-refractivity contribution in [3.8, 4) is 0 Å². The van der Waals surface area contributed by atoms with E-state index in [0.717, 1.165) is 12.0 Å². The van der Waals surface area contributed by atoms with E-state index in [1.165, 1.54) is 7.11 Å². The molecule has 0 unspecified atom stereocenters. The number of carbonyl (C=O) groups is 2. The molecule has 0 aliphatic heterocycles. The number of amides is 1. The van der Waals surface area contributed by atoms with E-state index in [0.29, 0.717) is 0 Å². The van der Waals surface area contributed by atoms with Gasteiger partial charge in [-0.3, -0.25) is 9.59 Å². The monoisotopic (exact) mass is 299 g/mol. The van der Waals surface area contributed by atoms with E-state index in [-0.39, 0.29) is 41.6 Å². The lowest BCUT2D eigenvalue weighted by Crippen LogP contribution is -2.41. The molecule has 4 heteroatoms. The molecule has 2 aliphatic carbocycles. The number of methoxy groups -OCH3 is 1. The van der Waals surface area contributed by atoms with Gasteiger partial charge < -0.3 is 10.1 Å². The number of carbonyl (C=O) groups excluding carboxylic acids is 2. The Bertz CT molecular complexity index is 596. The third kappa shape index (κ3) is 2.54. The predicted molar refractivity (Wildman–Crippen MR) is 82.7 cm³/mol. The molecular formula is C18H21NO3. The molecule has 1 amide bonds. The summed E-state index contributed by atoms with van der Waals surface area (Å²) in [5, 5.41) is 3.05. The van der Waals surface area contributed by atoms with Gasteiger partial charge >= 0.3 is 5.97 Å². The SMILES string of the molecule is COC(=O)[C@@H]1[C@@H](C(=O)N[C@@H](C)c2ccccc2)[C@@H]2C=C[C@H]1C2. The molecule has 0 radical (unpaired) electrons. The first-order valence-corrected chi connectivity index (χ1v) is 7.73. The lowest BCUT2D eigenvalue weighted by molar-refractivity contribution is -0.151. The smallest absolute Gasteiger partial charge is 0.310 e. The van der Waals surface area contributed by atoms with E-state index >= 15 is 0 Å². The van der Waals surface area contributed by atoms with Crippen molar-refractivity contribution in [1.82, 2.24) is 5.32 Å². The van der Waals surface area contributed by atoms with Gasteiger partial charge in [0.1, 0.15) is 0 Å². The average Bonchev–Trinajstić information content (AvgIpc) is 3.15. The summed E-state index contributed by atoms with van der Waals surface area (Å²) in [4.78, 5) is 24.7. The van der Waals surface area contributed by atoms with Crippen LogP contribution in [-0.4, -0.2) is 19.0 Å². The lowest BCUT2D eigenvalue weighted by atomic mass is 9.82. The second-order valence-electron chi connectivity index (χ2n) is 6.16. The third-order valence-corrected chi connectivity index (χ3v) is 4.89. The van der Waals surface area contributed by atoms with Gasteiger partial charge in [0.25, 0.3) is 0 Å². The van der Waals surface area contributed by atoms with Crippen LogP contribution in [0.1, 0.15) is 24.9 Å². The summed E-state index contributed by atoms with van der Waals surface area (Å²) < 4.78 is 4.90. The van der Waals surface area contributed by atoms with E-state index < -0.39 is 0 Å². The van der Waals surface area contributed by atoms with Gasteiger partial charge in [-0.1, -0.05) is 42.5 Å². The summed E-state index contributed by atoms with van der Waals surface area (Å²) in [6.07, 6.45) is 5.00. The van der Waals surface area contributed by atoms with E-state index in [1.807, 2.05) is 37.3 Å². The van der Waals surface area contributed by atoms with Gasteiger partial charge in [-0.05, 0) is 30.7 Å². The number of fused-ring (bicyclic) bond motifs is 2. The number of benzene rings is 1. The molecule has 2 bridgehead atoms. The lowest BCUT2D eigenvalue weighted by Gasteiger charge is -2.26. The van der Waals surface area contributed by atoms with Gasteiger partial charge in [-0.15, -0.1) is 0 Å². The van der Waals surface area contributed by atoms with E-state index in [1.54, 1.807) is 0 Å². The molecule has 5 atom stereocenters. The molecule has 1 aromatic carbocycles. The zero-order valence-corrected chi connectivity index (χ0v) is 12.9. The molecule has 1 N–H and O–H groups in total. The van der Waals surface area contributed by atoms with E-state index in [4.69, 9.17) is 4.74 Å². The average molecular weight is 299 g/mol. The highest BCUT2D eigenvalue weighted by atomic mass is 16.5. The summed E-state index contributed by atoms with van der Waals surface area (Å²) in [5.41, 5.74) is 1.06. The summed E-state index contributed by atoms with van der Waals surface area (Å²) >= 11 is 0. The number of ether oxygens (including phenoxy) is 1. The van der Waals surface area contributed by atoms with Gasteiger partial charge in [0, 0.05) is 0 Å². The summed E-state index contributed by atoms with van der Waals surface area (Å²) in [6, 6.07) is 9.76. The Kier molecular flexibility index (Phi) is 4.01. The van der Waals surface area contributed by atoms with Crippen molar-refractivity contribution in [2.24, 2.45) is 23.7 Å². The quantitative estimate of drug-likeness (QED) is 0.686. The molecule has 1 aromatic rings. The molecule has 0 saturated heterocycles. The second kappa shape index (κ2) is 5.95. The normalized spacial score (nSPS) is 30.1. The van der Waals surface area contributed by atoms with Crippen LogP contribution in [0.4, 0.5) is 0 Å². The number of hydrogen-bond donors (Lipinski definition) is 1. The second-order valence-corrected chi connectivity index (χ2v) is 6.16. The highest BCUT2D eigenvalue weighted by Crippen LogP contribution is 2.48. The largest absolute Gasteiger partial charge is 0.469 e. The number of rotatable bonds is 4. The Morgan fingerprint density at radius 2 is 1.77 bits per heavy atom. The van der Waals surface area contributed by atoms with Crippen molar-refractivity contribution in [2.45, 2.75) is 19.4 Å². The van der Waals surface area contributed by atoms with Crippen LogP contribution in [0.2, 0.25) is 0 Å². The highest BCUT2D eigenvalue weighted by molar-refractivity contribution is 5.87. The first-order valence-electron chi connectivity index (χ1n) is 7.73. The minimum atomic E-state index is -0.344. The van der Waals surface area contributed by atoms with Crippen molar-refractivity contribution >= 4 is 11.9 Å². The zero-order valence-electron chi connectivity index (χ0n) is 12.9. The maximum absolute atomic E-state index is 12.7. The minimum absolute atomic E-state index is 0.0522. The number of hydrogen-bond acceptors (Lipinski definition) is 3. The molecular weight excluding hydrogens is 278 g/mol. The van der Waals surface area contributed by atoms with Crippen molar-refractivity contribution in [2.75, 3.05) is 7.11 Å². The maximum Gasteiger partial charge on any atom is 0.310 e. The Morgan fingerprint density at radius 1 is 1.14 bits per heavy atom. The molecule has 1 saturated carbocycles. The third-order valence-electron chi connectivity index (χ3n) is 4.89. The van der Waals surface area contributed by atoms with Crippen LogP contribution < -0.4 is 5.32 Å². The fourth-order valence-corrected chi connectivity index (χ4v) is 3.77. The molecule has 0 heterocycles. The van der Waals surface area contributed by atoms with Crippen LogP contribution in [0.15, 0.2) is 42.5 Å². The zero-order chi connectivity index (χ0) is 15.7. The molecule has 4 nitrogen and oxygen atoms in total. The molecule has 116 valence electrons. The van der Waals surface area contributed by atoms with Crippen molar-refractivity contribution in [1.29, 1.82) is 0 Å². The van der Waals surface area contributed by atoms with Crippen molar-refractivity contribution in [3.05, 3.63) is 48.0 Å². The van der Waals surface area contributed by atoms with Gasteiger partial charge in [0.15, 0.2) is 0 Å². The first kappa shape index (κ1) is 14.8. The first-order chi connectivity index (χ1) is 10.6.